The summed E-state index contributed by atoms with van der Waals surface area (Å²) in [5, 5.41) is 8.82. The van der Waals surface area contributed by atoms with E-state index in [1.807, 2.05) is 12.1 Å². The molecule has 1 saturated heterocycles. The van der Waals surface area contributed by atoms with Gasteiger partial charge in [0.15, 0.2) is 0 Å². The van der Waals surface area contributed by atoms with Gasteiger partial charge in [0, 0.05) is 24.4 Å². The van der Waals surface area contributed by atoms with Crippen LogP contribution in [0, 0.1) is 0 Å². The monoisotopic (exact) mass is 288 g/mol. The zero-order valence-electron chi connectivity index (χ0n) is 11.9. The first-order valence-electron chi connectivity index (χ1n) is 7.50. The van der Waals surface area contributed by atoms with Crippen molar-refractivity contribution in [1.82, 2.24) is 4.98 Å². The van der Waals surface area contributed by atoms with Gasteiger partial charge in [-0.05, 0) is 31.1 Å². The van der Waals surface area contributed by atoms with Crippen molar-refractivity contribution in [3.05, 3.63) is 30.0 Å². The second-order valence-corrected chi connectivity index (χ2v) is 5.54. The number of fused-ring (bicyclic) bond motifs is 1. The smallest absolute Gasteiger partial charge is 0.328 e. The van der Waals surface area contributed by atoms with E-state index in [9.17, 15) is 4.79 Å². The molecule has 5 heteroatoms. The summed E-state index contributed by atoms with van der Waals surface area (Å²) < 4.78 is 5.89. The van der Waals surface area contributed by atoms with E-state index in [2.05, 4.69) is 9.88 Å². The normalized spacial score (nSPS) is 25.8. The first-order valence-corrected chi connectivity index (χ1v) is 7.50. The molecule has 5 nitrogen and oxygen atoms in total. The van der Waals surface area contributed by atoms with Crippen molar-refractivity contribution in [1.29, 1.82) is 0 Å². The highest BCUT2D eigenvalue weighted by Gasteiger charge is 2.35. The van der Waals surface area contributed by atoms with Gasteiger partial charge in [-0.2, -0.15) is 0 Å². The van der Waals surface area contributed by atoms with E-state index in [-0.39, 0.29) is 6.10 Å². The molecule has 2 atom stereocenters. The fourth-order valence-corrected chi connectivity index (χ4v) is 3.30. The number of ether oxygens (including phenoxy) is 1. The van der Waals surface area contributed by atoms with Crippen LogP contribution in [0.15, 0.2) is 24.4 Å². The minimum Gasteiger partial charge on any atom is -0.478 e. The highest BCUT2D eigenvalue weighted by Crippen LogP contribution is 2.32. The fourth-order valence-electron chi connectivity index (χ4n) is 3.30. The van der Waals surface area contributed by atoms with Crippen LogP contribution in [0.5, 0.6) is 0 Å². The molecule has 112 valence electrons. The lowest BCUT2D eigenvalue weighted by atomic mass is 9.90. The number of aliphatic carboxylic acids is 1. The lowest BCUT2D eigenvalue weighted by Gasteiger charge is -2.44. The molecule has 0 bridgehead atoms. The van der Waals surface area contributed by atoms with Gasteiger partial charge in [0.25, 0.3) is 0 Å². The average molecular weight is 288 g/mol. The number of carboxylic acid groups (broad SMARTS) is 1. The molecule has 0 aromatic carbocycles. The van der Waals surface area contributed by atoms with Crippen molar-refractivity contribution >= 4 is 17.9 Å². The minimum absolute atomic E-state index is 0.283. The standard InChI is InChI=1S/C16H20N2O3/c19-15(20)8-7-12-4-3-9-17-16(12)18-10-11-21-14-6-2-1-5-13(14)18/h3-4,7-9,13-14H,1-2,5-6,10-11H2,(H,19,20)/b8-7+. The quantitative estimate of drug-likeness (QED) is 0.865. The molecule has 3 rings (SSSR count). The van der Waals surface area contributed by atoms with Gasteiger partial charge < -0.3 is 14.7 Å². The second-order valence-electron chi connectivity index (χ2n) is 5.54. The van der Waals surface area contributed by atoms with E-state index in [0.29, 0.717) is 12.6 Å². The van der Waals surface area contributed by atoms with Gasteiger partial charge >= 0.3 is 5.97 Å². The van der Waals surface area contributed by atoms with Crippen LogP contribution in [0.2, 0.25) is 0 Å². The van der Waals surface area contributed by atoms with Gasteiger partial charge in [-0.25, -0.2) is 9.78 Å². The van der Waals surface area contributed by atoms with Gasteiger partial charge in [-0.1, -0.05) is 12.8 Å². The second kappa shape index (κ2) is 6.26. The zero-order chi connectivity index (χ0) is 14.7. The largest absolute Gasteiger partial charge is 0.478 e. The maximum absolute atomic E-state index is 10.7. The van der Waals surface area contributed by atoms with Crippen LogP contribution in [-0.2, 0) is 9.53 Å². The highest BCUT2D eigenvalue weighted by atomic mass is 16.5. The number of carbonyl (C=O) groups is 1. The number of hydrogen-bond acceptors (Lipinski definition) is 4. The van der Waals surface area contributed by atoms with Crippen molar-refractivity contribution < 1.29 is 14.6 Å². The number of rotatable bonds is 3. The molecular weight excluding hydrogens is 268 g/mol. The van der Waals surface area contributed by atoms with E-state index >= 15 is 0 Å². The van der Waals surface area contributed by atoms with Crippen molar-refractivity contribution in [2.75, 3.05) is 18.1 Å². The van der Waals surface area contributed by atoms with Crippen LogP contribution in [0.3, 0.4) is 0 Å². The van der Waals surface area contributed by atoms with Gasteiger partial charge in [0.2, 0.25) is 0 Å². The van der Waals surface area contributed by atoms with E-state index in [1.54, 1.807) is 12.3 Å². The topological polar surface area (TPSA) is 62.7 Å². The SMILES string of the molecule is O=C(O)/C=C/c1cccnc1N1CCOC2CCCCC21. The van der Waals surface area contributed by atoms with E-state index in [4.69, 9.17) is 9.84 Å². The molecule has 2 fully saturated rings. The maximum atomic E-state index is 10.7. The van der Waals surface area contributed by atoms with Crippen molar-refractivity contribution in [2.45, 2.75) is 37.8 Å². The van der Waals surface area contributed by atoms with Crippen LogP contribution >= 0.6 is 0 Å². The Bertz CT molecular complexity index is 542. The molecule has 2 unspecified atom stereocenters. The molecule has 2 aliphatic rings. The first-order chi connectivity index (χ1) is 10.3. The van der Waals surface area contributed by atoms with Crippen molar-refractivity contribution in [3.63, 3.8) is 0 Å². The number of hydrogen-bond donors (Lipinski definition) is 1. The summed E-state index contributed by atoms with van der Waals surface area (Å²) in [4.78, 5) is 17.5. The summed E-state index contributed by atoms with van der Waals surface area (Å²) in [6.45, 7) is 1.52. The Hall–Kier alpha value is -1.88. The van der Waals surface area contributed by atoms with Gasteiger partial charge in [0.05, 0.1) is 18.8 Å². The van der Waals surface area contributed by atoms with E-state index in [1.165, 1.54) is 18.9 Å². The number of nitrogens with zero attached hydrogens (tertiary/aromatic N) is 2. The lowest BCUT2D eigenvalue weighted by Crippen LogP contribution is -2.53. The molecular formula is C16H20N2O3. The molecule has 0 amide bonds. The third-order valence-electron chi connectivity index (χ3n) is 4.23. The van der Waals surface area contributed by atoms with Crippen LogP contribution in [-0.4, -0.2) is 41.4 Å². The van der Waals surface area contributed by atoms with Crippen molar-refractivity contribution in [2.24, 2.45) is 0 Å². The summed E-state index contributed by atoms with van der Waals surface area (Å²) in [5.74, 6) is -0.0717. The molecule has 1 aromatic heterocycles. The predicted molar refractivity (Wildman–Crippen MR) is 80.2 cm³/mol. The highest BCUT2D eigenvalue weighted by molar-refractivity contribution is 5.86. The van der Waals surface area contributed by atoms with E-state index in [0.717, 1.165) is 30.8 Å². The average Bonchev–Trinajstić information content (AvgIpc) is 2.53. The number of pyridine rings is 1. The molecule has 21 heavy (non-hydrogen) atoms. The molecule has 1 N–H and O–H groups in total. The predicted octanol–water partition coefficient (Wildman–Crippen LogP) is 2.33. The third-order valence-corrected chi connectivity index (χ3v) is 4.23. The Morgan fingerprint density at radius 1 is 1.43 bits per heavy atom. The molecule has 1 aromatic rings. The zero-order valence-corrected chi connectivity index (χ0v) is 11.9. The number of carboxylic acids is 1. The van der Waals surface area contributed by atoms with Crippen LogP contribution in [0.25, 0.3) is 6.08 Å². The van der Waals surface area contributed by atoms with Crippen LogP contribution in [0.4, 0.5) is 5.82 Å². The van der Waals surface area contributed by atoms with Gasteiger partial charge in [-0.15, -0.1) is 0 Å². The molecule has 1 aliphatic carbocycles. The van der Waals surface area contributed by atoms with Gasteiger partial charge in [0.1, 0.15) is 5.82 Å². The summed E-state index contributed by atoms with van der Waals surface area (Å²) in [5.41, 5.74) is 0.853. The first kappa shape index (κ1) is 14.1. The number of aromatic nitrogens is 1. The third kappa shape index (κ3) is 3.08. The number of anilines is 1. The Morgan fingerprint density at radius 3 is 3.14 bits per heavy atom. The van der Waals surface area contributed by atoms with E-state index < -0.39 is 5.97 Å². The summed E-state index contributed by atoms with van der Waals surface area (Å²) in [6, 6.07) is 4.11. The Kier molecular flexibility index (Phi) is 4.20. The molecule has 2 heterocycles. The summed E-state index contributed by atoms with van der Waals surface area (Å²) >= 11 is 0. The van der Waals surface area contributed by atoms with Gasteiger partial charge in [-0.3, -0.25) is 0 Å². The van der Waals surface area contributed by atoms with Crippen molar-refractivity contribution in [3.8, 4) is 0 Å². The van der Waals surface area contributed by atoms with Crippen LogP contribution < -0.4 is 4.90 Å². The minimum atomic E-state index is -0.942. The number of morpholine rings is 1. The lowest BCUT2D eigenvalue weighted by molar-refractivity contribution is -0.131. The summed E-state index contributed by atoms with van der Waals surface area (Å²) in [7, 11) is 0. The molecule has 0 spiro atoms. The molecule has 0 radical (unpaired) electrons. The Balaban J connectivity index is 1.89. The Morgan fingerprint density at radius 2 is 2.29 bits per heavy atom. The molecule has 1 aliphatic heterocycles. The fraction of sp³-hybridized carbons (Fsp3) is 0.500. The van der Waals surface area contributed by atoms with Crippen LogP contribution in [0.1, 0.15) is 31.2 Å². The summed E-state index contributed by atoms with van der Waals surface area (Å²) in [6.07, 6.45) is 9.50. The Labute approximate surface area is 124 Å². The maximum Gasteiger partial charge on any atom is 0.328 e. The molecule has 1 saturated carbocycles.